The molecule has 2 heterocycles. The summed E-state index contributed by atoms with van der Waals surface area (Å²) in [5, 5.41) is 3.63. The number of fused-ring (bicyclic) bond motifs is 1. The number of hydrogen-bond donors (Lipinski definition) is 2. The third-order valence-electron chi connectivity index (χ3n) is 3.98. The first-order valence-electron chi connectivity index (χ1n) is 6.70. The Morgan fingerprint density at radius 1 is 1.37 bits per heavy atom. The van der Waals surface area contributed by atoms with Crippen LogP contribution >= 0.6 is 15.9 Å². The number of hydrogen-bond acceptors (Lipinski definition) is 2. The molecule has 1 unspecified atom stereocenters. The van der Waals surface area contributed by atoms with Gasteiger partial charge >= 0.3 is 0 Å². The van der Waals surface area contributed by atoms with E-state index in [9.17, 15) is 0 Å². The Bertz CT molecular complexity index is 578. The molecule has 1 atom stereocenters. The predicted molar refractivity (Wildman–Crippen MR) is 80.1 cm³/mol. The summed E-state index contributed by atoms with van der Waals surface area (Å²) in [6.07, 6.45) is 4.94. The second-order valence-electron chi connectivity index (χ2n) is 5.33. The van der Waals surface area contributed by atoms with Gasteiger partial charge in [0.05, 0.1) is 17.6 Å². The third kappa shape index (κ3) is 2.47. The molecule has 1 aromatic carbocycles. The van der Waals surface area contributed by atoms with Gasteiger partial charge in [0, 0.05) is 23.1 Å². The molecule has 0 fully saturated rings. The number of H-pyrrole nitrogens is 1. The lowest BCUT2D eigenvalue weighted by molar-refractivity contribution is 0.314. The zero-order valence-electron chi connectivity index (χ0n) is 11.0. The first kappa shape index (κ1) is 12.9. The van der Waals surface area contributed by atoms with Crippen molar-refractivity contribution in [3.05, 3.63) is 52.0 Å². The number of imidazole rings is 1. The summed E-state index contributed by atoms with van der Waals surface area (Å²) in [5.41, 5.74) is 3.80. The quantitative estimate of drug-likeness (QED) is 0.912. The van der Waals surface area contributed by atoms with Crippen molar-refractivity contribution in [2.24, 2.45) is 0 Å². The molecule has 1 aliphatic rings. The second-order valence-corrected chi connectivity index (χ2v) is 6.18. The Hall–Kier alpha value is -1.13. The molecule has 19 heavy (non-hydrogen) atoms. The van der Waals surface area contributed by atoms with Crippen molar-refractivity contribution in [1.82, 2.24) is 15.3 Å². The fraction of sp³-hybridized carbons (Fsp3) is 0.400. The standard InChI is InChI=1S/C15H18BrN3/c1-15(8-6-11-4-2-3-5-12(11)16)14-13(7-9-19-15)17-10-18-14/h2-5,10,19H,6-9H2,1H3,(H,17,18). The number of benzene rings is 1. The molecule has 0 spiro atoms. The van der Waals surface area contributed by atoms with Gasteiger partial charge in [-0.15, -0.1) is 0 Å². The molecule has 0 radical (unpaired) electrons. The highest BCUT2D eigenvalue weighted by atomic mass is 79.9. The molecule has 1 aliphatic heterocycles. The molecule has 2 N–H and O–H groups in total. The van der Waals surface area contributed by atoms with Crippen molar-refractivity contribution in [2.45, 2.75) is 31.7 Å². The lowest BCUT2D eigenvalue weighted by Gasteiger charge is -2.34. The van der Waals surface area contributed by atoms with E-state index in [0.29, 0.717) is 0 Å². The SMILES string of the molecule is CC1(CCc2ccccc2Br)NCCc2[nH]cnc21. The highest BCUT2D eigenvalue weighted by molar-refractivity contribution is 9.10. The second kappa shape index (κ2) is 5.10. The molecule has 3 nitrogen and oxygen atoms in total. The Balaban J connectivity index is 1.79. The molecule has 0 saturated carbocycles. The first-order chi connectivity index (χ1) is 9.19. The predicted octanol–water partition coefficient (Wildman–Crippen LogP) is 3.17. The molecule has 3 rings (SSSR count). The molecule has 0 amide bonds. The van der Waals surface area contributed by atoms with Gasteiger partial charge in [-0.25, -0.2) is 4.98 Å². The van der Waals surface area contributed by atoms with E-state index < -0.39 is 0 Å². The van der Waals surface area contributed by atoms with Gasteiger partial charge in [0.2, 0.25) is 0 Å². The van der Waals surface area contributed by atoms with Crippen molar-refractivity contribution in [3.8, 4) is 0 Å². The van der Waals surface area contributed by atoms with Gasteiger partial charge in [0.1, 0.15) is 0 Å². The van der Waals surface area contributed by atoms with Gasteiger partial charge in [-0.05, 0) is 31.4 Å². The molecular weight excluding hydrogens is 302 g/mol. The van der Waals surface area contributed by atoms with Crippen molar-refractivity contribution >= 4 is 15.9 Å². The topological polar surface area (TPSA) is 40.7 Å². The first-order valence-corrected chi connectivity index (χ1v) is 7.49. The lowest BCUT2D eigenvalue weighted by Crippen LogP contribution is -2.45. The number of halogens is 1. The Kier molecular flexibility index (Phi) is 3.46. The van der Waals surface area contributed by atoms with E-state index in [0.717, 1.165) is 25.8 Å². The summed E-state index contributed by atoms with van der Waals surface area (Å²) in [6, 6.07) is 8.43. The number of aryl methyl sites for hydroxylation is 1. The summed E-state index contributed by atoms with van der Waals surface area (Å²) >= 11 is 3.62. The van der Waals surface area contributed by atoms with Crippen LogP contribution in [0.3, 0.4) is 0 Å². The summed E-state index contributed by atoms with van der Waals surface area (Å²) in [7, 11) is 0. The zero-order valence-corrected chi connectivity index (χ0v) is 12.6. The molecule has 0 bridgehead atoms. The van der Waals surface area contributed by atoms with E-state index in [-0.39, 0.29) is 5.54 Å². The number of aromatic amines is 1. The van der Waals surface area contributed by atoms with Gasteiger partial charge in [-0.3, -0.25) is 0 Å². The van der Waals surface area contributed by atoms with E-state index >= 15 is 0 Å². The van der Waals surface area contributed by atoms with Gasteiger partial charge in [0.15, 0.2) is 0 Å². The van der Waals surface area contributed by atoms with Crippen LogP contribution in [0.2, 0.25) is 0 Å². The monoisotopic (exact) mass is 319 g/mol. The molecule has 0 aliphatic carbocycles. The van der Waals surface area contributed by atoms with Crippen molar-refractivity contribution in [1.29, 1.82) is 0 Å². The van der Waals surface area contributed by atoms with Crippen LogP contribution in [-0.4, -0.2) is 16.5 Å². The van der Waals surface area contributed by atoms with Gasteiger partial charge in [0.25, 0.3) is 0 Å². The average molecular weight is 320 g/mol. The maximum Gasteiger partial charge on any atom is 0.0926 e. The van der Waals surface area contributed by atoms with Crippen LogP contribution in [0.25, 0.3) is 0 Å². The summed E-state index contributed by atoms with van der Waals surface area (Å²) in [4.78, 5) is 7.78. The van der Waals surface area contributed by atoms with E-state index in [2.05, 4.69) is 62.4 Å². The van der Waals surface area contributed by atoms with Crippen LogP contribution in [0, 0.1) is 0 Å². The lowest BCUT2D eigenvalue weighted by atomic mass is 9.86. The Labute approximate surface area is 122 Å². The third-order valence-corrected chi connectivity index (χ3v) is 4.76. The van der Waals surface area contributed by atoms with Gasteiger partial charge in [-0.1, -0.05) is 34.1 Å². The van der Waals surface area contributed by atoms with Crippen molar-refractivity contribution in [2.75, 3.05) is 6.54 Å². The summed E-state index contributed by atoms with van der Waals surface area (Å²) < 4.78 is 1.19. The van der Waals surface area contributed by atoms with Crippen LogP contribution in [-0.2, 0) is 18.4 Å². The van der Waals surface area contributed by atoms with Crippen molar-refractivity contribution < 1.29 is 0 Å². The highest BCUT2D eigenvalue weighted by Gasteiger charge is 2.33. The highest BCUT2D eigenvalue weighted by Crippen LogP contribution is 2.31. The molecule has 100 valence electrons. The number of nitrogens with one attached hydrogen (secondary N) is 2. The molecular formula is C15H18BrN3. The average Bonchev–Trinajstić information content (AvgIpc) is 2.88. The normalized spacial score (nSPS) is 22.2. The minimum atomic E-state index is -0.0249. The van der Waals surface area contributed by atoms with Gasteiger partial charge in [-0.2, -0.15) is 0 Å². The fourth-order valence-corrected chi connectivity index (χ4v) is 3.31. The Morgan fingerprint density at radius 2 is 2.21 bits per heavy atom. The molecule has 4 heteroatoms. The maximum atomic E-state index is 4.51. The molecule has 2 aromatic rings. The van der Waals surface area contributed by atoms with Gasteiger partial charge < -0.3 is 10.3 Å². The fourth-order valence-electron chi connectivity index (χ4n) is 2.83. The smallest absolute Gasteiger partial charge is 0.0926 e. The minimum absolute atomic E-state index is 0.0249. The largest absolute Gasteiger partial charge is 0.348 e. The van der Waals surface area contributed by atoms with Crippen LogP contribution in [0.15, 0.2) is 35.1 Å². The van der Waals surface area contributed by atoms with E-state index in [1.807, 2.05) is 6.33 Å². The molecule has 0 saturated heterocycles. The zero-order chi connectivity index (χ0) is 13.3. The summed E-state index contributed by atoms with van der Waals surface area (Å²) in [6.45, 7) is 3.27. The number of nitrogens with zero attached hydrogens (tertiary/aromatic N) is 1. The Morgan fingerprint density at radius 3 is 3.05 bits per heavy atom. The number of rotatable bonds is 3. The van der Waals surface area contributed by atoms with Crippen molar-refractivity contribution in [3.63, 3.8) is 0 Å². The van der Waals surface area contributed by atoms with Crippen LogP contribution in [0.4, 0.5) is 0 Å². The maximum absolute atomic E-state index is 4.51. The van der Waals surface area contributed by atoms with E-state index in [4.69, 9.17) is 0 Å². The summed E-state index contributed by atoms with van der Waals surface area (Å²) in [5.74, 6) is 0. The van der Waals surface area contributed by atoms with Crippen LogP contribution < -0.4 is 5.32 Å². The minimum Gasteiger partial charge on any atom is -0.348 e. The molecule has 1 aromatic heterocycles. The van der Waals surface area contributed by atoms with Crippen LogP contribution in [0.5, 0.6) is 0 Å². The van der Waals surface area contributed by atoms with E-state index in [1.54, 1.807) is 0 Å². The van der Waals surface area contributed by atoms with E-state index in [1.165, 1.54) is 21.4 Å². The number of aromatic nitrogens is 2. The van der Waals surface area contributed by atoms with Crippen LogP contribution in [0.1, 0.15) is 30.3 Å².